The van der Waals surface area contributed by atoms with Crippen LogP contribution in [-0.2, 0) is 22.6 Å². The highest BCUT2D eigenvalue weighted by Crippen LogP contribution is 2.23. The highest BCUT2D eigenvalue weighted by atomic mass is 16.2. The molecule has 0 atom stereocenters. The highest BCUT2D eigenvalue weighted by molar-refractivity contribution is 5.96. The van der Waals surface area contributed by atoms with Crippen molar-refractivity contribution in [2.45, 2.75) is 26.3 Å². The molecule has 7 nitrogen and oxygen atoms in total. The Balaban J connectivity index is 1.31. The Morgan fingerprint density at radius 2 is 1.80 bits per heavy atom. The predicted molar refractivity (Wildman–Crippen MR) is 139 cm³/mol. The fraction of sp³-hybridized carbons (Fsp3) is 0.321. The summed E-state index contributed by atoms with van der Waals surface area (Å²) in [6.45, 7) is 5.52. The van der Waals surface area contributed by atoms with Crippen molar-refractivity contribution in [3.8, 4) is 6.07 Å². The number of nitrogens with one attached hydrogen (secondary N) is 1. The summed E-state index contributed by atoms with van der Waals surface area (Å²) in [5.74, 6) is -0.0572. The van der Waals surface area contributed by atoms with Crippen molar-refractivity contribution < 1.29 is 9.59 Å². The van der Waals surface area contributed by atoms with Gasteiger partial charge < -0.3 is 14.8 Å². The fourth-order valence-electron chi connectivity index (χ4n) is 4.50. The third-order valence-electron chi connectivity index (χ3n) is 6.41. The van der Waals surface area contributed by atoms with Crippen LogP contribution in [0.3, 0.4) is 0 Å². The molecule has 0 unspecified atom stereocenters. The maximum atomic E-state index is 12.8. The molecule has 0 bridgehead atoms. The van der Waals surface area contributed by atoms with Crippen LogP contribution >= 0.6 is 0 Å². The normalized spacial score (nSPS) is 14.3. The molecule has 2 heterocycles. The molecule has 3 aromatic rings. The van der Waals surface area contributed by atoms with Gasteiger partial charge in [0.2, 0.25) is 11.8 Å². The summed E-state index contributed by atoms with van der Waals surface area (Å²) in [5, 5.41) is 13.0. The maximum Gasteiger partial charge on any atom is 0.246 e. The van der Waals surface area contributed by atoms with Gasteiger partial charge in [-0.1, -0.05) is 43.3 Å². The van der Waals surface area contributed by atoms with Crippen LogP contribution < -0.4 is 5.32 Å². The topological polar surface area (TPSA) is 81.4 Å². The molecule has 0 saturated carbocycles. The molecule has 2 amide bonds. The summed E-state index contributed by atoms with van der Waals surface area (Å²) in [5.41, 5.74) is 4.02. The molecule has 0 radical (unpaired) electrons. The van der Waals surface area contributed by atoms with Crippen molar-refractivity contribution in [2.75, 3.05) is 38.0 Å². The van der Waals surface area contributed by atoms with Gasteiger partial charge in [0.05, 0.1) is 19.0 Å². The Labute approximate surface area is 206 Å². The molecule has 4 rings (SSSR count). The lowest BCUT2D eigenvalue weighted by molar-refractivity contribution is -0.127. The second-order valence-electron chi connectivity index (χ2n) is 8.70. The monoisotopic (exact) mass is 469 g/mol. The van der Waals surface area contributed by atoms with E-state index >= 15 is 0 Å². The Morgan fingerprint density at radius 1 is 1.06 bits per heavy atom. The van der Waals surface area contributed by atoms with Crippen molar-refractivity contribution in [1.82, 2.24) is 14.4 Å². The number of carbonyl (C=O) groups excluding carboxylic acids is 2. The molecular formula is C28H31N5O2. The van der Waals surface area contributed by atoms with Crippen molar-refractivity contribution >= 4 is 34.5 Å². The number of hydrogen-bond acceptors (Lipinski definition) is 4. The predicted octanol–water partition coefficient (Wildman–Crippen LogP) is 3.91. The second kappa shape index (κ2) is 11.5. The molecule has 1 aliphatic rings. The number of benzene rings is 2. The minimum absolute atomic E-state index is 0.0279. The van der Waals surface area contributed by atoms with Gasteiger partial charge in [0.1, 0.15) is 0 Å². The van der Waals surface area contributed by atoms with E-state index in [-0.39, 0.29) is 11.8 Å². The first-order valence-corrected chi connectivity index (χ1v) is 12.1. The average molecular weight is 470 g/mol. The number of aryl methyl sites for hydroxylation is 2. The van der Waals surface area contributed by atoms with E-state index < -0.39 is 0 Å². The van der Waals surface area contributed by atoms with Gasteiger partial charge in [-0.15, -0.1) is 0 Å². The van der Waals surface area contributed by atoms with E-state index in [2.05, 4.69) is 27.8 Å². The van der Waals surface area contributed by atoms with E-state index in [1.807, 2.05) is 65.7 Å². The van der Waals surface area contributed by atoms with Crippen LogP contribution in [0, 0.1) is 11.3 Å². The van der Waals surface area contributed by atoms with Crippen LogP contribution in [-0.4, -0.2) is 58.9 Å². The van der Waals surface area contributed by atoms with Crippen molar-refractivity contribution in [1.29, 1.82) is 5.26 Å². The van der Waals surface area contributed by atoms with E-state index in [1.165, 1.54) is 0 Å². The first-order chi connectivity index (χ1) is 17.1. The largest absolute Gasteiger partial charge is 0.346 e. The highest BCUT2D eigenvalue weighted by Gasteiger charge is 2.21. The fourth-order valence-corrected chi connectivity index (χ4v) is 4.50. The zero-order chi connectivity index (χ0) is 24.6. The molecule has 1 fully saturated rings. The summed E-state index contributed by atoms with van der Waals surface area (Å²) in [6.07, 6.45) is 6.79. The Kier molecular flexibility index (Phi) is 7.96. The summed E-state index contributed by atoms with van der Waals surface area (Å²) in [7, 11) is 0. The minimum atomic E-state index is -0.0293. The van der Waals surface area contributed by atoms with Crippen molar-refractivity contribution in [3.05, 3.63) is 71.9 Å². The van der Waals surface area contributed by atoms with Gasteiger partial charge >= 0.3 is 0 Å². The summed E-state index contributed by atoms with van der Waals surface area (Å²) < 4.78 is 2.06. The molecule has 2 aromatic carbocycles. The number of fused-ring (bicyclic) bond motifs is 1. The van der Waals surface area contributed by atoms with Gasteiger partial charge in [0.25, 0.3) is 0 Å². The Hall–Kier alpha value is -3.89. The minimum Gasteiger partial charge on any atom is -0.346 e. The molecule has 7 heteroatoms. The van der Waals surface area contributed by atoms with Gasteiger partial charge in [-0.25, -0.2) is 0 Å². The van der Waals surface area contributed by atoms with Crippen LogP contribution in [0.15, 0.2) is 60.8 Å². The van der Waals surface area contributed by atoms with E-state index in [0.29, 0.717) is 45.7 Å². The van der Waals surface area contributed by atoms with Crippen molar-refractivity contribution in [2.24, 2.45) is 0 Å². The number of amides is 2. The molecule has 1 saturated heterocycles. The number of carbonyl (C=O) groups is 2. The SMILES string of the molecule is CCc1ccccc1NC(=O)CN1CCN(C(=O)/C=C/c2cn(CCC#N)c3ccccc23)CC1. The Bertz CT molecular complexity index is 1260. The van der Waals surface area contributed by atoms with Gasteiger partial charge in [0.15, 0.2) is 0 Å². The third-order valence-corrected chi connectivity index (χ3v) is 6.41. The number of nitriles is 1. The first-order valence-electron chi connectivity index (χ1n) is 12.1. The van der Waals surface area contributed by atoms with E-state index in [4.69, 9.17) is 5.26 Å². The molecular weight excluding hydrogens is 438 g/mol. The molecule has 0 aliphatic carbocycles. The van der Waals surface area contributed by atoms with E-state index in [1.54, 1.807) is 6.08 Å². The molecule has 1 aliphatic heterocycles. The van der Waals surface area contributed by atoms with Crippen LogP contribution in [0.1, 0.15) is 24.5 Å². The zero-order valence-electron chi connectivity index (χ0n) is 20.1. The molecule has 180 valence electrons. The summed E-state index contributed by atoms with van der Waals surface area (Å²) >= 11 is 0. The number of nitrogens with zero attached hydrogens (tertiary/aromatic N) is 4. The van der Waals surface area contributed by atoms with Crippen LogP contribution in [0.2, 0.25) is 0 Å². The lowest BCUT2D eigenvalue weighted by Gasteiger charge is -2.33. The van der Waals surface area contributed by atoms with E-state index in [9.17, 15) is 9.59 Å². The quantitative estimate of drug-likeness (QED) is 0.507. The number of aromatic nitrogens is 1. The number of para-hydroxylation sites is 2. The first kappa shape index (κ1) is 24.2. The second-order valence-corrected chi connectivity index (χ2v) is 8.70. The Morgan fingerprint density at radius 3 is 2.57 bits per heavy atom. The van der Waals surface area contributed by atoms with Crippen LogP contribution in [0.25, 0.3) is 17.0 Å². The standard InChI is InChI=1S/C28H31N5O2/c1-2-22-8-3-5-10-25(22)30-27(34)21-31-16-18-32(19-17-31)28(35)13-12-23-20-33(15-7-14-29)26-11-6-4-9-24(23)26/h3-6,8-13,20H,2,7,15-19,21H2,1H3,(H,30,34)/b13-12+. The van der Waals surface area contributed by atoms with E-state index in [0.717, 1.165) is 34.1 Å². The lowest BCUT2D eigenvalue weighted by Crippen LogP contribution is -2.50. The number of rotatable bonds is 8. The molecule has 1 aromatic heterocycles. The average Bonchev–Trinajstić information content (AvgIpc) is 3.24. The van der Waals surface area contributed by atoms with Gasteiger partial charge in [-0.2, -0.15) is 5.26 Å². The number of piperazine rings is 1. The summed E-state index contributed by atoms with van der Waals surface area (Å²) in [6, 6.07) is 18.1. The van der Waals surface area contributed by atoms with Gasteiger partial charge in [-0.3, -0.25) is 14.5 Å². The van der Waals surface area contributed by atoms with Gasteiger partial charge in [-0.05, 0) is 30.2 Å². The maximum absolute atomic E-state index is 12.8. The van der Waals surface area contributed by atoms with Crippen LogP contribution in [0.4, 0.5) is 5.69 Å². The summed E-state index contributed by atoms with van der Waals surface area (Å²) in [4.78, 5) is 29.3. The van der Waals surface area contributed by atoms with Crippen molar-refractivity contribution in [3.63, 3.8) is 0 Å². The smallest absolute Gasteiger partial charge is 0.246 e. The third kappa shape index (κ3) is 5.97. The molecule has 1 N–H and O–H groups in total. The number of hydrogen-bond donors (Lipinski definition) is 1. The number of anilines is 1. The zero-order valence-corrected chi connectivity index (χ0v) is 20.1. The molecule has 35 heavy (non-hydrogen) atoms. The van der Waals surface area contributed by atoms with Gasteiger partial charge in [0, 0.05) is 67.2 Å². The molecule has 0 spiro atoms. The van der Waals surface area contributed by atoms with Crippen LogP contribution in [0.5, 0.6) is 0 Å². The lowest BCUT2D eigenvalue weighted by atomic mass is 10.1.